The van der Waals surface area contributed by atoms with Crippen molar-refractivity contribution in [3.05, 3.63) is 6.07 Å². The summed E-state index contributed by atoms with van der Waals surface area (Å²) in [6, 6.07) is 1.59. The van der Waals surface area contributed by atoms with Crippen molar-refractivity contribution in [1.82, 2.24) is 9.97 Å². The number of hydrogen-bond acceptors (Lipinski definition) is 7. The molecule has 2 aliphatic rings. The third kappa shape index (κ3) is 2.45. The molecule has 0 spiro atoms. The molecular weight excluding hydrogens is 299 g/mol. The van der Waals surface area contributed by atoms with Gasteiger partial charge in [0.2, 0.25) is 11.8 Å². The van der Waals surface area contributed by atoms with Crippen LogP contribution in [0.4, 0.5) is 0 Å². The molecule has 7 nitrogen and oxygen atoms in total. The number of fused-ring (bicyclic) bond motifs is 1. The first-order valence-corrected chi connectivity index (χ1v) is 6.80. The molecule has 0 N–H and O–H groups in total. The minimum atomic E-state index is -1.05. The number of nitrogens with zero attached hydrogens (tertiary/aromatic N) is 2. The van der Waals surface area contributed by atoms with E-state index in [0.29, 0.717) is 24.6 Å². The number of carbonyl (C=O) groups excluding carboxylic acids is 1. The molecule has 3 unspecified atom stereocenters. The van der Waals surface area contributed by atoms with Gasteiger partial charge >= 0.3 is 35.6 Å². The monoisotopic (exact) mass is 316 g/mol. The molecule has 0 aromatic carbocycles. The summed E-state index contributed by atoms with van der Waals surface area (Å²) in [6.45, 7) is 1.96. The summed E-state index contributed by atoms with van der Waals surface area (Å²) < 4.78 is 15.8. The Morgan fingerprint density at radius 3 is 2.36 bits per heavy atom. The Balaban J connectivity index is 0.00000176. The van der Waals surface area contributed by atoms with Crippen LogP contribution in [0, 0.1) is 10.8 Å². The quantitative estimate of drug-likeness (QED) is 0.541. The molecule has 8 heteroatoms. The van der Waals surface area contributed by atoms with Crippen molar-refractivity contribution in [2.45, 2.75) is 32.3 Å². The molecule has 2 fully saturated rings. The van der Waals surface area contributed by atoms with Gasteiger partial charge in [0, 0.05) is 0 Å². The number of methoxy groups -OCH3 is 2. The van der Waals surface area contributed by atoms with Crippen LogP contribution in [0.3, 0.4) is 0 Å². The molecule has 0 saturated heterocycles. The largest absolute Gasteiger partial charge is 1.00 e. The Bertz CT molecular complexity index is 576. The number of carbonyl (C=O) groups is 1. The molecule has 0 aliphatic heterocycles. The summed E-state index contributed by atoms with van der Waals surface area (Å²) >= 11 is 0. The van der Waals surface area contributed by atoms with Gasteiger partial charge in [-0.2, -0.15) is 9.97 Å². The summed E-state index contributed by atoms with van der Waals surface area (Å²) in [5, 5.41) is 11.5. The van der Waals surface area contributed by atoms with Crippen LogP contribution in [-0.2, 0) is 4.79 Å². The Morgan fingerprint density at radius 2 is 1.91 bits per heavy atom. The van der Waals surface area contributed by atoms with E-state index in [4.69, 9.17) is 14.2 Å². The van der Waals surface area contributed by atoms with Crippen molar-refractivity contribution in [3.63, 3.8) is 0 Å². The summed E-state index contributed by atoms with van der Waals surface area (Å²) in [5.41, 5.74) is -1.16. The van der Waals surface area contributed by atoms with E-state index in [1.807, 2.05) is 6.92 Å². The fourth-order valence-corrected chi connectivity index (χ4v) is 3.46. The zero-order valence-electron chi connectivity index (χ0n) is 13.2. The first kappa shape index (κ1) is 17.3. The van der Waals surface area contributed by atoms with Gasteiger partial charge in [0.15, 0.2) is 0 Å². The number of ether oxygens (including phenoxy) is 3. The summed E-state index contributed by atoms with van der Waals surface area (Å²) in [7, 11) is 2.95. The van der Waals surface area contributed by atoms with Crippen molar-refractivity contribution < 1.29 is 53.7 Å². The number of aromatic nitrogens is 2. The standard InChI is InChI=1S/C14H18N2O5.Na/c1-13-5-4-8(14(13,7-13)11(17)18)21-12-15-9(19-2)6-10(16-12)20-3;/h6,8H,4-5,7H2,1-3H3,(H,17,18);/q;+1/p-1. The zero-order valence-corrected chi connectivity index (χ0v) is 15.2. The van der Waals surface area contributed by atoms with Crippen LogP contribution < -0.4 is 48.9 Å². The Labute approximate surface area is 150 Å². The first-order valence-electron chi connectivity index (χ1n) is 6.80. The second kappa shape index (κ2) is 5.86. The summed E-state index contributed by atoms with van der Waals surface area (Å²) in [6.07, 6.45) is 1.54. The maximum Gasteiger partial charge on any atom is 1.00 e. The normalized spacial score (nSPS) is 31.7. The van der Waals surface area contributed by atoms with E-state index >= 15 is 0 Å². The van der Waals surface area contributed by atoms with Gasteiger partial charge in [0.25, 0.3) is 0 Å². The number of hydrogen-bond donors (Lipinski definition) is 0. The third-order valence-corrected chi connectivity index (χ3v) is 4.82. The summed E-state index contributed by atoms with van der Waals surface area (Å²) in [4.78, 5) is 19.7. The molecule has 1 aromatic rings. The summed E-state index contributed by atoms with van der Waals surface area (Å²) in [5.74, 6) is -0.450. The topological polar surface area (TPSA) is 93.6 Å². The average molecular weight is 316 g/mol. The van der Waals surface area contributed by atoms with Crippen molar-refractivity contribution in [1.29, 1.82) is 0 Å². The van der Waals surface area contributed by atoms with E-state index in [0.717, 1.165) is 6.42 Å². The van der Waals surface area contributed by atoms with Gasteiger partial charge < -0.3 is 24.1 Å². The van der Waals surface area contributed by atoms with Crippen LogP contribution in [-0.4, -0.2) is 36.3 Å². The molecule has 2 aliphatic carbocycles. The molecule has 22 heavy (non-hydrogen) atoms. The molecule has 0 radical (unpaired) electrons. The van der Waals surface area contributed by atoms with Gasteiger partial charge in [-0.25, -0.2) is 0 Å². The van der Waals surface area contributed by atoms with Gasteiger partial charge in [-0.1, -0.05) is 6.92 Å². The molecular formula is C14H17N2NaO5. The van der Waals surface area contributed by atoms with Crippen molar-refractivity contribution >= 4 is 5.97 Å². The second-order valence-corrected chi connectivity index (χ2v) is 5.88. The smallest absolute Gasteiger partial charge is 0.549 e. The van der Waals surface area contributed by atoms with Crippen LogP contribution in [0.2, 0.25) is 0 Å². The van der Waals surface area contributed by atoms with Gasteiger partial charge in [0.05, 0.1) is 31.7 Å². The predicted octanol–water partition coefficient (Wildman–Crippen LogP) is -2.81. The third-order valence-electron chi connectivity index (χ3n) is 4.82. The minimum Gasteiger partial charge on any atom is -0.549 e. The number of carboxylic acid groups (broad SMARTS) is 1. The predicted molar refractivity (Wildman–Crippen MR) is 69.0 cm³/mol. The number of carboxylic acids is 1. The molecule has 0 bridgehead atoms. The van der Waals surface area contributed by atoms with Crippen LogP contribution in [0.5, 0.6) is 17.8 Å². The van der Waals surface area contributed by atoms with Gasteiger partial charge in [-0.3, -0.25) is 0 Å². The van der Waals surface area contributed by atoms with Crippen molar-refractivity contribution in [3.8, 4) is 17.8 Å². The molecule has 3 rings (SSSR count). The first-order chi connectivity index (χ1) is 9.95. The molecule has 114 valence electrons. The van der Waals surface area contributed by atoms with Crippen LogP contribution in [0.15, 0.2) is 6.07 Å². The molecule has 0 amide bonds. The second-order valence-electron chi connectivity index (χ2n) is 5.88. The Hall–Kier alpha value is -1.05. The van der Waals surface area contributed by atoms with Gasteiger partial charge in [0.1, 0.15) is 6.10 Å². The van der Waals surface area contributed by atoms with E-state index < -0.39 is 17.5 Å². The molecule has 3 atom stereocenters. The Morgan fingerprint density at radius 1 is 1.32 bits per heavy atom. The zero-order chi connectivity index (χ0) is 15.3. The maximum absolute atomic E-state index is 11.5. The SMILES string of the molecule is COc1cc(OC)nc(OC2CCC3(C)CC23C(=O)[O-])n1.[Na+]. The van der Waals surface area contributed by atoms with Crippen molar-refractivity contribution in [2.75, 3.05) is 14.2 Å². The Kier molecular flexibility index (Phi) is 4.61. The number of aliphatic carboxylic acids is 1. The number of rotatable bonds is 5. The van der Waals surface area contributed by atoms with E-state index in [9.17, 15) is 9.90 Å². The fraction of sp³-hybridized carbons (Fsp3) is 0.643. The van der Waals surface area contributed by atoms with E-state index in [1.165, 1.54) is 20.3 Å². The van der Waals surface area contributed by atoms with Gasteiger partial charge in [-0.05, 0) is 24.7 Å². The van der Waals surface area contributed by atoms with Crippen molar-refractivity contribution in [2.24, 2.45) is 10.8 Å². The van der Waals surface area contributed by atoms with Crippen LogP contribution in [0.1, 0.15) is 26.2 Å². The molecule has 1 aromatic heterocycles. The fourth-order valence-electron chi connectivity index (χ4n) is 3.46. The maximum atomic E-state index is 11.5. The van der Waals surface area contributed by atoms with Crippen LogP contribution in [0.25, 0.3) is 0 Å². The average Bonchev–Trinajstić information content (AvgIpc) is 3.02. The van der Waals surface area contributed by atoms with E-state index in [-0.39, 0.29) is 41.0 Å². The van der Waals surface area contributed by atoms with Gasteiger partial charge in [-0.15, -0.1) is 0 Å². The van der Waals surface area contributed by atoms with E-state index in [1.54, 1.807) is 0 Å². The molecule has 1 heterocycles. The minimum absolute atomic E-state index is 0. The van der Waals surface area contributed by atoms with Crippen LogP contribution >= 0.6 is 0 Å². The molecule has 2 saturated carbocycles. The van der Waals surface area contributed by atoms with E-state index in [2.05, 4.69) is 9.97 Å².